The zero-order chi connectivity index (χ0) is 14.9. The minimum Gasteiger partial charge on any atom is -0.481 e. The summed E-state index contributed by atoms with van der Waals surface area (Å²) >= 11 is 1.53. The molecule has 6 nitrogen and oxygen atoms in total. The predicted octanol–water partition coefficient (Wildman–Crippen LogP) is 0.433. The third-order valence-corrected chi connectivity index (χ3v) is 6.64. The quantitative estimate of drug-likeness (QED) is 0.810. The summed E-state index contributed by atoms with van der Waals surface area (Å²) in [6.45, 7) is 0.426. The summed E-state index contributed by atoms with van der Waals surface area (Å²) in [7, 11) is -3.31. The first-order valence-electron chi connectivity index (χ1n) is 6.60. The molecule has 1 heterocycles. The smallest absolute Gasteiger partial charge is 0.306 e. The number of hydrogen-bond acceptors (Lipinski definition) is 5. The van der Waals surface area contributed by atoms with E-state index in [-0.39, 0.29) is 11.8 Å². The first-order chi connectivity index (χ1) is 9.30. The zero-order valence-electron chi connectivity index (χ0n) is 11.3. The van der Waals surface area contributed by atoms with E-state index in [9.17, 15) is 18.0 Å². The Labute approximate surface area is 122 Å². The first kappa shape index (κ1) is 15.6. The molecule has 114 valence electrons. The number of rotatable bonds is 3. The molecule has 0 spiro atoms. The highest BCUT2D eigenvalue weighted by atomic mass is 32.2. The maximum atomic E-state index is 12.5. The maximum absolute atomic E-state index is 12.5. The van der Waals surface area contributed by atoms with Gasteiger partial charge < -0.3 is 10.0 Å². The van der Waals surface area contributed by atoms with Crippen molar-refractivity contribution in [3.05, 3.63) is 0 Å². The molecule has 1 unspecified atom stereocenters. The van der Waals surface area contributed by atoms with Gasteiger partial charge in [-0.15, -0.1) is 0 Å². The Balaban J connectivity index is 2.09. The fourth-order valence-electron chi connectivity index (χ4n) is 2.85. The highest BCUT2D eigenvalue weighted by molar-refractivity contribution is 8.00. The third-order valence-electron chi connectivity index (χ3n) is 3.99. The molecule has 0 bridgehead atoms. The molecule has 1 aliphatic carbocycles. The molecule has 1 aliphatic heterocycles. The van der Waals surface area contributed by atoms with Crippen LogP contribution in [0, 0.1) is 11.8 Å². The van der Waals surface area contributed by atoms with Crippen LogP contribution in [0.25, 0.3) is 0 Å². The zero-order valence-corrected chi connectivity index (χ0v) is 13.0. The fourth-order valence-corrected chi connectivity index (χ4v) is 5.68. The summed E-state index contributed by atoms with van der Waals surface area (Å²) in [6, 6.07) is 0. The van der Waals surface area contributed by atoms with Gasteiger partial charge in [0.2, 0.25) is 5.91 Å². The Bertz CT molecular complexity index is 504. The van der Waals surface area contributed by atoms with Crippen LogP contribution in [0.2, 0.25) is 0 Å². The number of carboxylic acids is 1. The van der Waals surface area contributed by atoms with E-state index >= 15 is 0 Å². The molecular weight excluding hydrogens is 302 g/mol. The largest absolute Gasteiger partial charge is 0.481 e. The molecule has 1 saturated heterocycles. The molecule has 2 aliphatic rings. The van der Waals surface area contributed by atoms with E-state index in [0.29, 0.717) is 31.6 Å². The van der Waals surface area contributed by atoms with E-state index < -0.39 is 27.1 Å². The molecule has 1 saturated carbocycles. The molecule has 2 rings (SSSR count). The van der Waals surface area contributed by atoms with E-state index in [1.807, 2.05) is 0 Å². The minimum atomic E-state index is -3.31. The van der Waals surface area contributed by atoms with Gasteiger partial charge in [-0.1, -0.05) is 0 Å². The lowest BCUT2D eigenvalue weighted by molar-refractivity contribution is -0.141. The van der Waals surface area contributed by atoms with Crippen molar-refractivity contribution >= 4 is 33.5 Å². The molecule has 0 radical (unpaired) electrons. The normalized spacial score (nSPS) is 31.2. The Hall–Kier alpha value is -0.760. The van der Waals surface area contributed by atoms with Gasteiger partial charge in [-0.25, -0.2) is 8.42 Å². The van der Waals surface area contributed by atoms with Crippen molar-refractivity contribution < 1.29 is 23.1 Å². The van der Waals surface area contributed by atoms with Gasteiger partial charge >= 0.3 is 5.97 Å². The lowest BCUT2D eigenvalue weighted by Gasteiger charge is -2.35. The van der Waals surface area contributed by atoms with Gasteiger partial charge in [0.25, 0.3) is 0 Å². The van der Waals surface area contributed by atoms with Crippen molar-refractivity contribution in [1.82, 2.24) is 4.90 Å². The molecule has 20 heavy (non-hydrogen) atoms. The van der Waals surface area contributed by atoms with Crippen molar-refractivity contribution in [3.63, 3.8) is 0 Å². The van der Waals surface area contributed by atoms with Gasteiger partial charge in [-0.05, 0) is 19.3 Å². The fraction of sp³-hybridized carbons (Fsp3) is 0.833. The van der Waals surface area contributed by atoms with E-state index in [1.165, 1.54) is 16.7 Å². The second-order valence-electron chi connectivity index (χ2n) is 5.44. The molecule has 0 aromatic heterocycles. The highest BCUT2D eigenvalue weighted by Crippen LogP contribution is 2.34. The summed E-state index contributed by atoms with van der Waals surface area (Å²) < 4.78 is 23.6. The highest BCUT2D eigenvalue weighted by Gasteiger charge is 2.40. The molecule has 0 aromatic carbocycles. The second-order valence-corrected chi connectivity index (χ2v) is 8.79. The lowest BCUT2D eigenvalue weighted by Crippen LogP contribution is -2.51. The average Bonchev–Trinajstić information content (AvgIpc) is 2.86. The molecular formula is C12H19NO5S2. The van der Waals surface area contributed by atoms with Crippen LogP contribution in [0.15, 0.2) is 0 Å². The van der Waals surface area contributed by atoms with Crippen molar-refractivity contribution in [2.45, 2.75) is 24.6 Å². The standard InChI is InChI=1S/C12H19NO5S2/c1-20(17,18)10-7-19-5-4-13(10)11(14)8-2-3-9(6-8)12(15)16/h8-10H,2-7H2,1H3,(H,15,16)/t8-,9+,10?/m1/s1. The molecule has 1 amide bonds. The van der Waals surface area contributed by atoms with Crippen molar-refractivity contribution in [3.8, 4) is 0 Å². The van der Waals surface area contributed by atoms with E-state index in [2.05, 4.69) is 0 Å². The van der Waals surface area contributed by atoms with Crippen LogP contribution < -0.4 is 0 Å². The number of thioether (sulfide) groups is 1. The Kier molecular flexibility index (Phi) is 4.63. The summed E-state index contributed by atoms with van der Waals surface area (Å²) in [5, 5.41) is 8.21. The Morgan fingerprint density at radius 1 is 1.25 bits per heavy atom. The number of sulfone groups is 1. The number of carbonyl (C=O) groups excluding carboxylic acids is 1. The molecule has 3 atom stereocenters. The Morgan fingerprint density at radius 3 is 2.45 bits per heavy atom. The predicted molar refractivity (Wildman–Crippen MR) is 76.1 cm³/mol. The van der Waals surface area contributed by atoms with Crippen LogP contribution in [-0.4, -0.2) is 60.0 Å². The van der Waals surface area contributed by atoms with Crippen molar-refractivity contribution in [2.24, 2.45) is 11.8 Å². The van der Waals surface area contributed by atoms with E-state index in [1.54, 1.807) is 0 Å². The number of nitrogens with zero attached hydrogens (tertiary/aromatic N) is 1. The SMILES string of the molecule is CS(=O)(=O)C1CSCCN1C(=O)[C@@H]1CC[C@H](C(=O)O)C1. The number of carbonyl (C=O) groups is 2. The lowest BCUT2D eigenvalue weighted by atomic mass is 10.0. The summed E-state index contributed by atoms with van der Waals surface area (Å²) in [5.74, 6) is -0.742. The number of amides is 1. The van der Waals surface area contributed by atoms with Gasteiger partial charge in [-0.2, -0.15) is 11.8 Å². The molecule has 1 N–H and O–H groups in total. The molecule has 8 heteroatoms. The summed E-state index contributed by atoms with van der Waals surface area (Å²) in [5.41, 5.74) is 0. The van der Waals surface area contributed by atoms with E-state index in [0.717, 1.165) is 12.0 Å². The minimum absolute atomic E-state index is 0.190. The van der Waals surface area contributed by atoms with Crippen LogP contribution in [0.3, 0.4) is 0 Å². The maximum Gasteiger partial charge on any atom is 0.306 e. The number of carboxylic acid groups (broad SMARTS) is 1. The summed E-state index contributed by atoms with van der Waals surface area (Å²) in [4.78, 5) is 24.9. The van der Waals surface area contributed by atoms with Crippen molar-refractivity contribution in [2.75, 3.05) is 24.3 Å². The molecule has 0 aromatic rings. The van der Waals surface area contributed by atoms with E-state index in [4.69, 9.17) is 5.11 Å². The second kappa shape index (κ2) is 5.93. The van der Waals surface area contributed by atoms with Crippen LogP contribution >= 0.6 is 11.8 Å². The van der Waals surface area contributed by atoms with Gasteiger partial charge in [-0.3, -0.25) is 9.59 Å². The number of hydrogen-bond donors (Lipinski definition) is 1. The first-order valence-corrected chi connectivity index (χ1v) is 9.71. The van der Waals surface area contributed by atoms with Crippen LogP contribution in [0.5, 0.6) is 0 Å². The third kappa shape index (κ3) is 3.28. The van der Waals surface area contributed by atoms with Crippen molar-refractivity contribution in [1.29, 1.82) is 0 Å². The molecule has 2 fully saturated rings. The topological polar surface area (TPSA) is 91.8 Å². The van der Waals surface area contributed by atoms with Crippen LogP contribution in [0.4, 0.5) is 0 Å². The Morgan fingerprint density at radius 2 is 1.90 bits per heavy atom. The number of aliphatic carboxylic acids is 1. The van der Waals surface area contributed by atoms with Gasteiger partial charge in [0.1, 0.15) is 5.37 Å². The van der Waals surface area contributed by atoms with Crippen LogP contribution in [-0.2, 0) is 19.4 Å². The summed E-state index contributed by atoms with van der Waals surface area (Å²) in [6.07, 6.45) is 2.51. The van der Waals surface area contributed by atoms with Gasteiger partial charge in [0.05, 0.1) is 5.92 Å². The van der Waals surface area contributed by atoms with Gasteiger partial charge in [0.15, 0.2) is 9.84 Å². The average molecular weight is 321 g/mol. The van der Waals surface area contributed by atoms with Gasteiger partial charge in [0, 0.05) is 30.2 Å². The van der Waals surface area contributed by atoms with Crippen LogP contribution in [0.1, 0.15) is 19.3 Å². The monoisotopic (exact) mass is 321 g/mol.